The maximum absolute atomic E-state index is 13.9. The van der Waals surface area contributed by atoms with Crippen LogP contribution < -0.4 is 0 Å². The number of fused-ring (bicyclic) bond motifs is 5. The maximum Gasteiger partial charge on any atom is 0.460 e. The van der Waals surface area contributed by atoms with Crippen molar-refractivity contribution in [2.75, 3.05) is 20.1 Å². The molecular formula is C30H40F9NO2. The Morgan fingerprint density at radius 2 is 1.60 bits per heavy atom. The minimum absolute atomic E-state index is 0.170. The van der Waals surface area contributed by atoms with Gasteiger partial charge in [0, 0.05) is 13.0 Å². The normalized spacial score (nSPS) is 30.3. The second-order valence-corrected chi connectivity index (χ2v) is 13.0. The van der Waals surface area contributed by atoms with Crippen molar-refractivity contribution in [1.29, 1.82) is 0 Å². The van der Waals surface area contributed by atoms with Crippen LogP contribution in [0.2, 0.25) is 0 Å². The molecule has 0 bridgehead atoms. The molecule has 6 atom stereocenters. The van der Waals surface area contributed by atoms with Crippen molar-refractivity contribution >= 4 is 0 Å². The number of nitrogens with zero attached hydrogens (tertiary/aromatic N) is 1. The van der Waals surface area contributed by atoms with Gasteiger partial charge >= 0.3 is 23.9 Å². The maximum atomic E-state index is 13.9. The van der Waals surface area contributed by atoms with Gasteiger partial charge in [-0.2, -0.15) is 39.5 Å². The second-order valence-electron chi connectivity index (χ2n) is 13.0. The lowest BCUT2D eigenvalue weighted by atomic mass is 9.51. The molecule has 3 aliphatic carbocycles. The second kappa shape index (κ2) is 11.7. The largest absolute Gasteiger partial charge is 0.508 e. The molecule has 4 rings (SSSR count). The summed E-state index contributed by atoms with van der Waals surface area (Å²) in [6, 6.07) is 5.57. The molecule has 12 heteroatoms. The molecule has 3 aliphatic rings. The number of aliphatic hydroxyl groups excluding tert-OH is 1. The standard InChI is InChI=1S/C30H40F9NO2/c1-26-17-19(25-21-10-8-20(41)16-18(21)7-9-22(25)23(26)11-12-24(26)42)6-4-3-5-14-40(2)15-13-27(31,32)28(33,34)29(35,36)30(37,38)39/h8,10,16,19,22-25,41-42H,3-7,9,11-15,17H2,1-2H3/t19-,22?,23?,24?,25?,26?/m0/s1. The smallest absolute Gasteiger partial charge is 0.460 e. The van der Waals surface area contributed by atoms with Gasteiger partial charge in [0.2, 0.25) is 0 Å². The van der Waals surface area contributed by atoms with Crippen molar-refractivity contribution in [1.82, 2.24) is 4.90 Å². The molecule has 0 heterocycles. The minimum atomic E-state index is -6.86. The van der Waals surface area contributed by atoms with E-state index in [2.05, 4.69) is 6.92 Å². The highest BCUT2D eigenvalue weighted by Gasteiger charge is 2.81. The van der Waals surface area contributed by atoms with Crippen LogP contribution in [-0.4, -0.2) is 65.3 Å². The van der Waals surface area contributed by atoms with E-state index in [1.54, 1.807) is 6.07 Å². The van der Waals surface area contributed by atoms with Crippen molar-refractivity contribution in [3.63, 3.8) is 0 Å². The SMILES string of the molecule is CN(CCCCC[C@H]1CC2(C)C(O)CCC2C2CCc3cc(O)ccc3C21)CCC(F)(F)C(F)(F)C(F)(F)C(F)(F)F. The predicted octanol–water partition coefficient (Wildman–Crippen LogP) is 8.19. The molecule has 0 aliphatic heterocycles. The van der Waals surface area contributed by atoms with E-state index < -0.39 is 36.9 Å². The third-order valence-electron chi connectivity index (χ3n) is 10.4. The molecule has 0 saturated heterocycles. The van der Waals surface area contributed by atoms with Crippen molar-refractivity contribution in [2.45, 2.75) is 107 Å². The van der Waals surface area contributed by atoms with Crippen molar-refractivity contribution < 1.29 is 49.7 Å². The van der Waals surface area contributed by atoms with Crippen LogP contribution in [0, 0.1) is 23.2 Å². The van der Waals surface area contributed by atoms with Gasteiger partial charge in [-0.3, -0.25) is 0 Å². The Kier molecular flexibility index (Phi) is 9.23. The van der Waals surface area contributed by atoms with E-state index in [0.717, 1.165) is 50.5 Å². The van der Waals surface area contributed by atoms with E-state index in [1.165, 1.54) is 17.5 Å². The quantitative estimate of drug-likeness (QED) is 0.195. The summed E-state index contributed by atoms with van der Waals surface area (Å²) < 4.78 is 118. The van der Waals surface area contributed by atoms with Crippen LogP contribution in [0.5, 0.6) is 5.75 Å². The number of phenols is 1. The molecule has 1 aromatic rings. The lowest BCUT2D eigenvalue weighted by Crippen LogP contribution is -2.61. The fourth-order valence-corrected chi connectivity index (χ4v) is 8.10. The summed E-state index contributed by atoms with van der Waals surface area (Å²) in [5.74, 6) is -17.3. The number of benzene rings is 1. The first kappa shape index (κ1) is 33.2. The van der Waals surface area contributed by atoms with Gasteiger partial charge in [0.15, 0.2) is 0 Å². The van der Waals surface area contributed by atoms with Crippen molar-refractivity contribution in [3.05, 3.63) is 29.3 Å². The Morgan fingerprint density at radius 1 is 0.905 bits per heavy atom. The Morgan fingerprint density at radius 3 is 2.26 bits per heavy atom. The fourth-order valence-electron chi connectivity index (χ4n) is 8.10. The Bertz CT molecular complexity index is 1100. The third-order valence-corrected chi connectivity index (χ3v) is 10.4. The topological polar surface area (TPSA) is 43.7 Å². The van der Waals surface area contributed by atoms with Gasteiger partial charge in [-0.25, -0.2) is 0 Å². The zero-order chi connectivity index (χ0) is 31.3. The molecule has 2 saturated carbocycles. The number of aliphatic hydroxyl groups is 1. The van der Waals surface area contributed by atoms with E-state index in [1.807, 2.05) is 12.1 Å². The van der Waals surface area contributed by atoms with Crippen LogP contribution in [0.15, 0.2) is 18.2 Å². The Hall–Kier alpha value is -1.69. The van der Waals surface area contributed by atoms with Crippen molar-refractivity contribution in [2.24, 2.45) is 23.2 Å². The number of aromatic hydroxyl groups is 1. The van der Waals surface area contributed by atoms with Gasteiger partial charge in [0.25, 0.3) is 0 Å². The monoisotopic (exact) mass is 617 g/mol. The molecule has 2 N–H and O–H groups in total. The van der Waals surface area contributed by atoms with Gasteiger partial charge in [-0.15, -0.1) is 0 Å². The van der Waals surface area contributed by atoms with Gasteiger partial charge in [0.1, 0.15) is 5.75 Å². The van der Waals surface area contributed by atoms with E-state index >= 15 is 0 Å². The zero-order valence-electron chi connectivity index (χ0n) is 23.8. The van der Waals surface area contributed by atoms with Crippen LogP contribution in [0.3, 0.4) is 0 Å². The summed E-state index contributed by atoms with van der Waals surface area (Å²) in [4.78, 5) is 1.23. The number of hydrogen-bond acceptors (Lipinski definition) is 3. The van der Waals surface area contributed by atoms with E-state index in [9.17, 15) is 49.7 Å². The van der Waals surface area contributed by atoms with E-state index in [4.69, 9.17) is 0 Å². The first-order valence-electron chi connectivity index (χ1n) is 14.7. The van der Waals surface area contributed by atoms with Gasteiger partial charge in [-0.1, -0.05) is 25.8 Å². The molecule has 0 amide bonds. The molecule has 42 heavy (non-hydrogen) atoms. The van der Waals surface area contributed by atoms with Gasteiger partial charge < -0.3 is 15.1 Å². The number of halogens is 9. The lowest BCUT2D eigenvalue weighted by molar-refractivity contribution is -0.396. The van der Waals surface area contributed by atoms with Gasteiger partial charge in [-0.05, 0) is 111 Å². The van der Waals surface area contributed by atoms with Gasteiger partial charge in [0.05, 0.1) is 6.10 Å². The molecule has 0 radical (unpaired) electrons. The highest BCUT2D eigenvalue weighted by atomic mass is 19.4. The van der Waals surface area contributed by atoms with E-state index in [-0.39, 0.29) is 23.8 Å². The van der Waals surface area contributed by atoms with Crippen LogP contribution in [0.1, 0.15) is 81.8 Å². The van der Waals surface area contributed by atoms with Crippen LogP contribution >= 0.6 is 0 Å². The molecule has 0 aromatic heterocycles. The van der Waals surface area contributed by atoms with Crippen LogP contribution in [-0.2, 0) is 6.42 Å². The average Bonchev–Trinajstić information content (AvgIpc) is 3.19. The molecule has 3 nitrogen and oxygen atoms in total. The zero-order valence-corrected chi connectivity index (χ0v) is 23.8. The first-order valence-corrected chi connectivity index (χ1v) is 14.7. The highest BCUT2D eigenvalue weighted by Crippen LogP contribution is 2.63. The Labute approximate surface area is 240 Å². The minimum Gasteiger partial charge on any atom is -0.508 e. The fraction of sp³-hybridized carbons (Fsp3) is 0.800. The average molecular weight is 618 g/mol. The highest BCUT2D eigenvalue weighted by molar-refractivity contribution is 5.40. The third kappa shape index (κ3) is 5.87. The molecule has 2 fully saturated rings. The number of hydrogen-bond donors (Lipinski definition) is 2. The summed E-state index contributed by atoms with van der Waals surface area (Å²) in [6.07, 6.45) is -1.66. The number of aryl methyl sites for hydroxylation is 1. The number of alkyl halides is 9. The predicted molar refractivity (Wildman–Crippen MR) is 139 cm³/mol. The lowest BCUT2D eigenvalue weighted by Gasteiger charge is -2.54. The number of phenolic OH excluding ortho intramolecular Hbond substituents is 1. The Balaban J connectivity index is 1.31. The molecular weight excluding hydrogens is 577 g/mol. The molecule has 5 unspecified atom stereocenters. The number of rotatable bonds is 11. The molecule has 1 aromatic carbocycles. The van der Waals surface area contributed by atoms with Crippen LogP contribution in [0.25, 0.3) is 0 Å². The first-order chi connectivity index (χ1) is 19.3. The molecule has 0 spiro atoms. The summed E-state index contributed by atoms with van der Waals surface area (Å²) in [6.45, 7) is 1.60. The van der Waals surface area contributed by atoms with Crippen molar-refractivity contribution in [3.8, 4) is 5.75 Å². The summed E-state index contributed by atoms with van der Waals surface area (Å²) >= 11 is 0. The van der Waals surface area contributed by atoms with Crippen LogP contribution in [0.4, 0.5) is 39.5 Å². The summed E-state index contributed by atoms with van der Waals surface area (Å²) in [5.41, 5.74) is 2.24. The number of unbranched alkanes of at least 4 members (excludes halogenated alkanes) is 2. The molecule has 240 valence electrons. The van der Waals surface area contributed by atoms with E-state index in [0.29, 0.717) is 36.5 Å². The summed E-state index contributed by atoms with van der Waals surface area (Å²) in [5, 5.41) is 20.9. The summed E-state index contributed by atoms with van der Waals surface area (Å²) in [7, 11) is 1.33.